The van der Waals surface area contributed by atoms with Crippen LogP contribution in [0.25, 0.3) is 0 Å². The van der Waals surface area contributed by atoms with Gasteiger partial charge in [0.05, 0.1) is 11.5 Å². The molecule has 0 radical (unpaired) electrons. The van der Waals surface area contributed by atoms with Gasteiger partial charge in [-0.25, -0.2) is 0 Å². The summed E-state index contributed by atoms with van der Waals surface area (Å²) in [6.45, 7) is 3.10. The number of carbonyl (C=O) groups excluding carboxylic acids is 1. The van der Waals surface area contributed by atoms with Gasteiger partial charge >= 0.3 is 0 Å². The highest BCUT2D eigenvalue weighted by Crippen LogP contribution is 2.13. The van der Waals surface area contributed by atoms with Crippen molar-refractivity contribution in [1.29, 1.82) is 0 Å². The van der Waals surface area contributed by atoms with Crippen LogP contribution in [0.1, 0.15) is 19.3 Å². The molecule has 19 heavy (non-hydrogen) atoms. The van der Waals surface area contributed by atoms with E-state index in [0.717, 1.165) is 19.5 Å². The Bertz CT molecular complexity index is 322. The van der Waals surface area contributed by atoms with Crippen LogP contribution in [0.5, 0.6) is 0 Å². The molecule has 0 aromatic carbocycles. The van der Waals surface area contributed by atoms with Crippen LogP contribution in [0.3, 0.4) is 0 Å². The number of amides is 1. The fourth-order valence-electron chi connectivity index (χ4n) is 2.31. The first-order valence-corrected chi connectivity index (χ1v) is 7.22. The maximum atomic E-state index is 12.1. The smallest absolute Gasteiger partial charge is 0.236 e. The molecule has 1 rings (SSSR count). The lowest BCUT2D eigenvalue weighted by atomic mass is 10.1. The number of nitrogens with zero attached hydrogens (tertiary/aromatic N) is 3. The maximum Gasteiger partial charge on any atom is 0.236 e. The van der Waals surface area contributed by atoms with Crippen molar-refractivity contribution in [3.8, 4) is 0 Å². The molecule has 1 fully saturated rings. The Balaban J connectivity index is 2.36. The second-order valence-electron chi connectivity index (χ2n) is 5.53. The van der Waals surface area contributed by atoms with Crippen LogP contribution in [0.15, 0.2) is 0 Å². The maximum absolute atomic E-state index is 12.1. The van der Waals surface area contributed by atoms with Gasteiger partial charge in [-0.1, -0.05) is 12.2 Å². The van der Waals surface area contributed by atoms with Gasteiger partial charge in [-0.2, -0.15) is 0 Å². The lowest BCUT2D eigenvalue weighted by molar-refractivity contribution is -0.131. The first-order chi connectivity index (χ1) is 8.90. The Morgan fingerprint density at radius 2 is 2.11 bits per heavy atom. The number of hydrogen-bond donors (Lipinski definition) is 1. The zero-order valence-corrected chi connectivity index (χ0v) is 13.1. The number of rotatable bonds is 6. The Labute approximate surface area is 121 Å². The van der Waals surface area contributed by atoms with Crippen molar-refractivity contribution in [2.75, 3.05) is 47.3 Å². The summed E-state index contributed by atoms with van der Waals surface area (Å²) in [6, 6.07) is 0.559. The van der Waals surface area contributed by atoms with Crippen LogP contribution in [-0.4, -0.2) is 79.0 Å². The van der Waals surface area contributed by atoms with Crippen molar-refractivity contribution in [1.82, 2.24) is 14.7 Å². The number of piperidine rings is 1. The molecule has 1 atom stereocenters. The zero-order chi connectivity index (χ0) is 14.4. The SMILES string of the molecule is CN(CCC(N)=S)C(=O)CN1CCCC(N(C)C)C1. The number of likely N-dealkylation sites (tertiary alicyclic amines) is 1. The summed E-state index contributed by atoms with van der Waals surface area (Å²) in [5.41, 5.74) is 5.45. The number of carbonyl (C=O) groups is 1. The molecule has 1 unspecified atom stereocenters. The van der Waals surface area contributed by atoms with E-state index in [0.29, 0.717) is 30.5 Å². The molecule has 0 saturated carbocycles. The summed E-state index contributed by atoms with van der Waals surface area (Å²) in [7, 11) is 6.02. The number of hydrogen-bond acceptors (Lipinski definition) is 4. The monoisotopic (exact) mass is 286 g/mol. The number of thiocarbonyl (C=S) groups is 1. The fourth-order valence-corrected chi connectivity index (χ4v) is 2.40. The molecule has 1 aliphatic heterocycles. The fraction of sp³-hybridized carbons (Fsp3) is 0.846. The number of likely N-dealkylation sites (N-methyl/N-ethyl adjacent to an activating group) is 2. The van der Waals surface area contributed by atoms with Crippen LogP contribution in [0.4, 0.5) is 0 Å². The average molecular weight is 286 g/mol. The Kier molecular flexibility index (Phi) is 6.68. The van der Waals surface area contributed by atoms with Crippen LogP contribution in [0.2, 0.25) is 0 Å². The molecule has 1 aliphatic rings. The third-order valence-electron chi connectivity index (χ3n) is 3.69. The molecular formula is C13H26N4OS. The van der Waals surface area contributed by atoms with Crippen molar-refractivity contribution in [3.63, 3.8) is 0 Å². The lowest BCUT2D eigenvalue weighted by Gasteiger charge is -2.36. The van der Waals surface area contributed by atoms with Gasteiger partial charge in [0, 0.05) is 32.6 Å². The summed E-state index contributed by atoms with van der Waals surface area (Å²) in [5.74, 6) is 0.149. The molecule has 0 aliphatic carbocycles. The van der Waals surface area contributed by atoms with Crippen LogP contribution in [-0.2, 0) is 4.79 Å². The first kappa shape index (κ1) is 16.3. The van der Waals surface area contributed by atoms with Crippen LogP contribution in [0, 0.1) is 0 Å². The quantitative estimate of drug-likeness (QED) is 0.704. The molecule has 110 valence electrons. The second-order valence-corrected chi connectivity index (χ2v) is 6.05. The Morgan fingerprint density at radius 3 is 2.68 bits per heavy atom. The summed E-state index contributed by atoms with van der Waals surface area (Å²) in [5, 5.41) is 0. The van der Waals surface area contributed by atoms with E-state index in [1.54, 1.807) is 4.90 Å². The highest BCUT2D eigenvalue weighted by Gasteiger charge is 2.23. The van der Waals surface area contributed by atoms with Gasteiger partial charge in [-0.3, -0.25) is 9.69 Å². The third kappa shape index (κ3) is 5.84. The second kappa shape index (κ2) is 7.77. The van der Waals surface area contributed by atoms with Crippen molar-refractivity contribution >= 4 is 23.1 Å². The Hall–Kier alpha value is -0.720. The minimum atomic E-state index is 0.149. The lowest BCUT2D eigenvalue weighted by Crippen LogP contribution is -2.48. The van der Waals surface area contributed by atoms with E-state index in [2.05, 4.69) is 23.9 Å². The van der Waals surface area contributed by atoms with E-state index in [4.69, 9.17) is 18.0 Å². The largest absolute Gasteiger partial charge is 0.393 e. The first-order valence-electron chi connectivity index (χ1n) is 6.81. The van der Waals surface area contributed by atoms with Crippen molar-refractivity contribution < 1.29 is 4.79 Å². The van der Waals surface area contributed by atoms with Gasteiger partial charge in [-0.05, 0) is 33.5 Å². The minimum Gasteiger partial charge on any atom is -0.393 e. The van der Waals surface area contributed by atoms with Gasteiger partial charge in [0.1, 0.15) is 0 Å². The highest BCUT2D eigenvalue weighted by molar-refractivity contribution is 7.80. The van der Waals surface area contributed by atoms with Gasteiger partial charge in [0.2, 0.25) is 5.91 Å². The standard InChI is InChI=1S/C13H26N4OS/c1-15(2)11-5-4-7-17(9-11)10-13(18)16(3)8-6-12(14)19/h11H,4-10H2,1-3H3,(H2,14,19). The van der Waals surface area contributed by atoms with E-state index in [-0.39, 0.29) is 5.91 Å². The van der Waals surface area contributed by atoms with Gasteiger partial charge in [0.25, 0.3) is 0 Å². The van der Waals surface area contributed by atoms with Gasteiger partial charge < -0.3 is 15.5 Å². The molecule has 0 bridgehead atoms. The third-order valence-corrected chi connectivity index (χ3v) is 3.89. The molecule has 0 spiro atoms. The molecule has 2 N–H and O–H groups in total. The van der Waals surface area contributed by atoms with Gasteiger partial charge in [0.15, 0.2) is 0 Å². The predicted molar refractivity (Wildman–Crippen MR) is 82.2 cm³/mol. The summed E-state index contributed by atoms with van der Waals surface area (Å²) >= 11 is 4.83. The van der Waals surface area contributed by atoms with Crippen molar-refractivity contribution in [3.05, 3.63) is 0 Å². The molecule has 0 aromatic rings. The summed E-state index contributed by atoms with van der Waals surface area (Å²) in [6.07, 6.45) is 2.97. The summed E-state index contributed by atoms with van der Waals surface area (Å²) < 4.78 is 0. The normalized spacial score (nSPS) is 20.5. The van der Waals surface area contributed by atoms with E-state index in [1.807, 2.05) is 7.05 Å². The summed E-state index contributed by atoms with van der Waals surface area (Å²) in [4.78, 5) is 18.8. The van der Waals surface area contributed by atoms with E-state index in [9.17, 15) is 4.79 Å². The average Bonchev–Trinajstić information content (AvgIpc) is 2.36. The minimum absolute atomic E-state index is 0.149. The predicted octanol–water partition coefficient (Wildman–Crippen LogP) is 0.147. The van der Waals surface area contributed by atoms with E-state index >= 15 is 0 Å². The van der Waals surface area contributed by atoms with Gasteiger partial charge in [-0.15, -0.1) is 0 Å². The molecule has 1 amide bonds. The van der Waals surface area contributed by atoms with Crippen molar-refractivity contribution in [2.24, 2.45) is 5.73 Å². The van der Waals surface area contributed by atoms with Crippen molar-refractivity contribution in [2.45, 2.75) is 25.3 Å². The topological polar surface area (TPSA) is 52.8 Å². The Morgan fingerprint density at radius 1 is 1.42 bits per heavy atom. The van der Waals surface area contributed by atoms with Crippen LogP contribution >= 0.6 is 12.2 Å². The molecule has 0 aromatic heterocycles. The molecule has 1 heterocycles. The molecule has 1 saturated heterocycles. The van der Waals surface area contributed by atoms with E-state index < -0.39 is 0 Å². The molecule has 5 nitrogen and oxygen atoms in total. The zero-order valence-electron chi connectivity index (χ0n) is 12.3. The van der Waals surface area contributed by atoms with E-state index in [1.165, 1.54) is 6.42 Å². The number of nitrogens with two attached hydrogens (primary N) is 1. The molecule has 6 heteroatoms. The molecular weight excluding hydrogens is 260 g/mol. The van der Waals surface area contributed by atoms with Crippen LogP contribution < -0.4 is 5.73 Å². The highest BCUT2D eigenvalue weighted by atomic mass is 32.1.